The zero-order valence-corrected chi connectivity index (χ0v) is 6.93. The van der Waals surface area contributed by atoms with E-state index in [0.717, 1.165) is 26.2 Å². The normalized spacial score (nSPS) is 10.3. The summed E-state index contributed by atoms with van der Waals surface area (Å²) in [6.07, 6.45) is 0. The summed E-state index contributed by atoms with van der Waals surface area (Å²) in [7, 11) is 4.04. The van der Waals surface area contributed by atoms with Crippen molar-refractivity contribution in [3.8, 4) is 0 Å². The van der Waals surface area contributed by atoms with Gasteiger partial charge in [-0.15, -0.1) is 0 Å². The molecule has 0 amide bonds. The SMILES string of the molecule is C=NCCN(C)CCNC. The van der Waals surface area contributed by atoms with Crippen molar-refractivity contribution >= 4 is 6.72 Å². The van der Waals surface area contributed by atoms with Gasteiger partial charge in [0, 0.05) is 19.6 Å². The standard InChI is InChI=1S/C7H17N3/c1-8-4-6-10(3)7-5-9-2/h9H,1,4-7H2,2-3H3. The molecule has 0 fully saturated rings. The van der Waals surface area contributed by atoms with E-state index >= 15 is 0 Å². The highest BCUT2D eigenvalue weighted by atomic mass is 15.1. The Kier molecular flexibility index (Phi) is 6.43. The van der Waals surface area contributed by atoms with Crippen LogP contribution in [0.3, 0.4) is 0 Å². The minimum absolute atomic E-state index is 0.834. The first-order valence-corrected chi connectivity index (χ1v) is 3.57. The van der Waals surface area contributed by atoms with Gasteiger partial charge in [0.15, 0.2) is 0 Å². The Morgan fingerprint density at radius 2 is 2.20 bits per heavy atom. The average Bonchev–Trinajstić information content (AvgIpc) is 1.97. The molecule has 0 atom stereocenters. The summed E-state index contributed by atoms with van der Waals surface area (Å²) in [5.74, 6) is 0. The third-order valence-corrected chi connectivity index (χ3v) is 1.38. The van der Waals surface area contributed by atoms with E-state index in [1.165, 1.54) is 0 Å². The van der Waals surface area contributed by atoms with Crippen LogP contribution in [-0.2, 0) is 0 Å². The molecule has 0 heterocycles. The lowest BCUT2D eigenvalue weighted by molar-refractivity contribution is 0.345. The fraction of sp³-hybridized carbons (Fsp3) is 0.857. The lowest BCUT2D eigenvalue weighted by Gasteiger charge is -2.13. The molecule has 0 radical (unpaired) electrons. The summed E-state index contributed by atoms with van der Waals surface area (Å²) in [5, 5.41) is 3.09. The van der Waals surface area contributed by atoms with Gasteiger partial charge in [-0.2, -0.15) is 0 Å². The second-order valence-corrected chi connectivity index (χ2v) is 2.35. The van der Waals surface area contributed by atoms with Crippen molar-refractivity contribution in [2.45, 2.75) is 0 Å². The molecular weight excluding hydrogens is 126 g/mol. The van der Waals surface area contributed by atoms with E-state index in [2.05, 4.69) is 29.0 Å². The van der Waals surface area contributed by atoms with Crippen LogP contribution in [0.5, 0.6) is 0 Å². The molecule has 0 aliphatic rings. The van der Waals surface area contributed by atoms with Crippen LogP contribution in [0, 0.1) is 0 Å². The van der Waals surface area contributed by atoms with Gasteiger partial charge in [0.25, 0.3) is 0 Å². The Labute approximate surface area is 63.1 Å². The second-order valence-electron chi connectivity index (χ2n) is 2.35. The lowest BCUT2D eigenvalue weighted by Crippen LogP contribution is -2.29. The molecule has 0 aromatic heterocycles. The quantitative estimate of drug-likeness (QED) is 0.523. The topological polar surface area (TPSA) is 27.6 Å². The highest BCUT2D eigenvalue weighted by Gasteiger charge is 1.93. The number of nitrogens with zero attached hydrogens (tertiary/aromatic N) is 2. The number of hydrogen-bond acceptors (Lipinski definition) is 3. The van der Waals surface area contributed by atoms with Gasteiger partial charge in [-0.3, -0.25) is 4.99 Å². The molecule has 0 aliphatic heterocycles. The summed E-state index contributed by atoms with van der Waals surface area (Å²) >= 11 is 0. The first-order valence-electron chi connectivity index (χ1n) is 3.57. The Bertz CT molecular complexity index is 82.9. The third kappa shape index (κ3) is 5.72. The van der Waals surface area contributed by atoms with Gasteiger partial charge in [-0.05, 0) is 20.8 Å². The minimum atomic E-state index is 0.834. The highest BCUT2D eigenvalue weighted by Crippen LogP contribution is 1.79. The van der Waals surface area contributed by atoms with Crippen molar-refractivity contribution in [1.29, 1.82) is 0 Å². The largest absolute Gasteiger partial charge is 0.318 e. The molecule has 0 saturated carbocycles. The third-order valence-electron chi connectivity index (χ3n) is 1.38. The number of rotatable bonds is 6. The predicted octanol–water partition coefficient (Wildman–Crippen LogP) is -0.162. The van der Waals surface area contributed by atoms with Crippen molar-refractivity contribution in [2.75, 3.05) is 40.3 Å². The Morgan fingerprint density at radius 3 is 2.70 bits per heavy atom. The molecular formula is C7H17N3. The van der Waals surface area contributed by atoms with Crippen LogP contribution >= 0.6 is 0 Å². The Hall–Kier alpha value is -0.410. The van der Waals surface area contributed by atoms with Crippen LogP contribution < -0.4 is 5.32 Å². The summed E-state index contributed by atoms with van der Waals surface area (Å²) in [6, 6.07) is 0. The number of likely N-dealkylation sites (N-methyl/N-ethyl adjacent to an activating group) is 2. The molecule has 0 aliphatic carbocycles. The molecule has 1 N–H and O–H groups in total. The minimum Gasteiger partial charge on any atom is -0.318 e. The van der Waals surface area contributed by atoms with Crippen LogP contribution in [0.2, 0.25) is 0 Å². The van der Waals surface area contributed by atoms with Gasteiger partial charge in [0.1, 0.15) is 0 Å². The first kappa shape index (κ1) is 9.59. The van der Waals surface area contributed by atoms with Gasteiger partial charge >= 0.3 is 0 Å². The maximum Gasteiger partial charge on any atom is 0.0509 e. The van der Waals surface area contributed by atoms with Crippen LogP contribution in [0.25, 0.3) is 0 Å². The van der Waals surface area contributed by atoms with Crippen LogP contribution in [0.15, 0.2) is 4.99 Å². The van der Waals surface area contributed by atoms with Crippen molar-refractivity contribution in [2.24, 2.45) is 4.99 Å². The lowest BCUT2D eigenvalue weighted by atomic mass is 10.5. The van der Waals surface area contributed by atoms with Gasteiger partial charge in [-0.1, -0.05) is 0 Å². The molecule has 10 heavy (non-hydrogen) atoms. The molecule has 0 saturated heterocycles. The van der Waals surface area contributed by atoms with E-state index in [9.17, 15) is 0 Å². The maximum atomic E-state index is 3.77. The summed E-state index contributed by atoms with van der Waals surface area (Å²) in [6.45, 7) is 7.37. The molecule has 3 nitrogen and oxygen atoms in total. The summed E-state index contributed by atoms with van der Waals surface area (Å²) < 4.78 is 0. The van der Waals surface area contributed by atoms with E-state index in [1.807, 2.05) is 7.05 Å². The van der Waals surface area contributed by atoms with E-state index in [4.69, 9.17) is 0 Å². The second kappa shape index (κ2) is 6.71. The van der Waals surface area contributed by atoms with Crippen molar-refractivity contribution in [3.63, 3.8) is 0 Å². The van der Waals surface area contributed by atoms with E-state index in [-0.39, 0.29) is 0 Å². The molecule has 0 unspecified atom stereocenters. The number of aliphatic imine (C=N–C) groups is 1. The Balaban J connectivity index is 3.07. The average molecular weight is 143 g/mol. The molecule has 0 aromatic carbocycles. The van der Waals surface area contributed by atoms with Gasteiger partial charge < -0.3 is 10.2 Å². The summed E-state index contributed by atoms with van der Waals surface area (Å²) in [4.78, 5) is 6.00. The zero-order chi connectivity index (χ0) is 7.82. The molecule has 0 rings (SSSR count). The molecule has 60 valence electrons. The molecule has 3 heteroatoms. The van der Waals surface area contributed by atoms with Gasteiger partial charge in [-0.25, -0.2) is 0 Å². The fourth-order valence-electron chi connectivity index (χ4n) is 0.656. The highest BCUT2D eigenvalue weighted by molar-refractivity contribution is 5.23. The zero-order valence-electron chi connectivity index (χ0n) is 6.93. The van der Waals surface area contributed by atoms with Crippen LogP contribution in [-0.4, -0.2) is 51.9 Å². The van der Waals surface area contributed by atoms with Crippen molar-refractivity contribution in [1.82, 2.24) is 10.2 Å². The van der Waals surface area contributed by atoms with Crippen molar-refractivity contribution < 1.29 is 0 Å². The fourth-order valence-corrected chi connectivity index (χ4v) is 0.656. The number of hydrogen-bond donors (Lipinski definition) is 1. The van der Waals surface area contributed by atoms with E-state index in [1.54, 1.807) is 0 Å². The smallest absolute Gasteiger partial charge is 0.0509 e. The van der Waals surface area contributed by atoms with Crippen LogP contribution in [0.4, 0.5) is 0 Å². The molecule has 0 spiro atoms. The monoisotopic (exact) mass is 143 g/mol. The van der Waals surface area contributed by atoms with Gasteiger partial charge in [0.05, 0.1) is 6.54 Å². The van der Waals surface area contributed by atoms with E-state index in [0.29, 0.717) is 0 Å². The van der Waals surface area contributed by atoms with Gasteiger partial charge in [0.2, 0.25) is 0 Å². The molecule has 0 aromatic rings. The van der Waals surface area contributed by atoms with Crippen LogP contribution in [0.1, 0.15) is 0 Å². The summed E-state index contributed by atoms with van der Waals surface area (Å²) in [5.41, 5.74) is 0. The Morgan fingerprint density at radius 1 is 1.50 bits per heavy atom. The van der Waals surface area contributed by atoms with E-state index < -0.39 is 0 Å². The first-order chi connectivity index (χ1) is 4.81. The predicted molar refractivity (Wildman–Crippen MR) is 45.8 cm³/mol. The number of nitrogens with one attached hydrogen (secondary N) is 1. The maximum absolute atomic E-state index is 3.77. The molecule has 0 bridgehead atoms. The van der Waals surface area contributed by atoms with Crippen molar-refractivity contribution in [3.05, 3.63) is 0 Å².